The molecule has 7 aromatic carbocycles. The van der Waals surface area contributed by atoms with Gasteiger partial charge < -0.3 is 5.32 Å². The molecule has 3 aliphatic rings. The molecule has 1 spiro atoms. The first-order valence-corrected chi connectivity index (χ1v) is 14.7. The van der Waals surface area contributed by atoms with E-state index in [9.17, 15) is 0 Å². The lowest BCUT2D eigenvalue weighted by molar-refractivity contribution is 0.795. The second-order valence-corrected chi connectivity index (χ2v) is 11.7. The molecule has 0 aromatic heterocycles. The van der Waals surface area contributed by atoms with E-state index in [4.69, 9.17) is 0 Å². The second-order valence-electron chi connectivity index (χ2n) is 11.7. The van der Waals surface area contributed by atoms with Crippen molar-refractivity contribution >= 4 is 22.1 Å². The number of anilines is 2. The highest BCUT2D eigenvalue weighted by atomic mass is 14.9. The second kappa shape index (κ2) is 7.87. The predicted molar refractivity (Wildman–Crippen MR) is 174 cm³/mol. The molecular weight excluding hydrogens is 506 g/mol. The molecule has 1 nitrogen and oxygen atoms in total. The van der Waals surface area contributed by atoms with E-state index in [0.717, 1.165) is 0 Å². The van der Waals surface area contributed by atoms with Gasteiger partial charge in [-0.05, 0) is 90.8 Å². The maximum atomic E-state index is 3.74. The number of hydrogen-bond donors (Lipinski definition) is 1. The van der Waals surface area contributed by atoms with Gasteiger partial charge in [0.05, 0.1) is 5.41 Å². The summed E-state index contributed by atoms with van der Waals surface area (Å²) in [5.74, 6) is 0. The monoisotopic (exact) mass is 531 g/mol. The number of rotatable bonds is 1. The van der Waals surface area contributed by atoms with Gasteiger partial charge in [0, 0.05) is 22.3 Å². The van der Waals surface area contributed by atoms with Crippen molar-refractivity contribution in [2.24, 2.45) is 0 Å². The molecule has 0 atom stereocenters. The van der Waals surface area contributed by atoms with Crippen molar-refractivity contribution in [2.45, 2.75) is 5.41 Å². The van der Waals surface area contributed by atoms with Crippen molar-refractivity contribution in [3.8, 4) is 44.5 Å². The van der Waals surface area contributed by atoms with E-state index in [1.165, 1.54) is 88.9 Å². The van der Waals surface area contributed by atoms with Crippen LogP contribution in [0.2, 0.25) is 0 Å². The molecule has 0 saturated heterocycles. The Bertz CT molecular complexity index is 2230. The van der Waals surface area contributed by atoms with Crippen LogP contribution in [-0.4, -0.2) is 0 Å². The molecule has 10 rings (SSSR count). The molecule has 194 valence electrons. The first-order chi connectivity index (χ1) is 20.8. The number of fused-ring (bicyclic) bond motifs is 13. The minimum absolute atomic E-state index is 0.400. The Balaban J connectivity index is 1.42. The molecule has 0 unspecified atom stereocenters. The fraction of sp³-hybridized carbons (Fsp3) is 0.0244. The van der Waals surface area contributed by atoms with Gasteiger partial charge in [-0.2, -0.15) is 0 Å². The molecule has 0 saturated carbocycles. The Kier molecular flexibility index (Phi) is 4.18. The number of benzene rings is 7. The summed E-state index contributed by atoms with van der Waals surface area (Å²) in [5, 5.41) is 6.37. The molecule has 1 heterocycles. The summed E-state index contributed by atoms with van der Waals surface area (Å²) < 4.78 is 0. The first-order valence-electron chi connectivity index (χ1n) is 14.7. The van der Waals surface area contributed by atoms with E-state index >= 15 is 0 Å². The van der Waals surface area contributed by atoms with E-state index in [-0.39, 0.29) is 0 Å². The summed E-state index contributed by atoms with van der Waals surface area (Å²) >= 11 is 0. The topological polar surface area (TPSA) is 12.0 Å². The fourth-order valence-corrected chi connectivity index (χ4v) is 8.20. The zero-order chi connectivity index (χ0) is 27.4. The van der Waals surface area contributed by atoms with Crippen LogP contribution >= 0.6 is 0 Å². The Morgan fingerprint density at radius 1 is 0.381 bits per heavy atom. The first kappa shape index (κ1) is 22.3. The van der Waals surface area contributed by atoms with Crippen LogP contribution in [0.3, 0.4) is 0 Å². The van der Waals surface area contributed by atoms with Crippen molar-refractivity contribution in [1.29, 1.82) is 0 Å². The fourth-order valence-electron chi connectivity index (χ4n) is 8.20. The van der Waals surface area contributed by atoms with Gasteiger partial charge in [-0.3, -0.25) is 0 Å². The molecule has 0 fully saturated rings. The molecule has 0 radical (unpaired) electrons. The Morgan fingerprint density at radius 2 is 1.05 bits per heavy atom. The quantitative estimate of drug-likeness (QED) is 0.222. The molecule has 0 amide bonds. The van der Waals surface area contributed by atoms with Crippen LogP contribution in [0.4, 0.5) is 11.4 Å². The molecule has 1 N–H and O–H groups in total. The van der Waals surface area contributed by atoms with Crippen molar-refractivity contribution < 1.29 is 0 Å². The van der Waals surface area contributed by atoms with Crippen LogP contribution in [0.1, 0.15) is 22.3 Å². The minimum atomic E-state index is -0.400. The van der Waals surface area contributed by atoms with Gasteiger partial charge in [0.25, 0.3) is 0 Å². The summed E-state index contributed by atoms with van der Waals surface area (Å²) in [6, 6.07) is 54.2. The van der Waals surface area contributed by atoms with Crippen LogP contribution in [0.5, 0.6) is 0 Å². The molecular formula is C41H25N. The van der Waals surface area contributed by atoms with Gasteiger partial charge in [0.15, 0.2) is 0 Å². The summed E-state index contributed by atoms with van der Waals surface area (Å²) in [6.45, 7) is 0. The minimum Gasteiger partial charge on any atom is -0.354 e. The van der Waals surface area contributed by atoms with Gasteiger partial charge in [-0.25, -0.2) is 0 Å². The van der Waals surface area contributed by atoms with Gasteiger partial charge in [0.1, 0.15) is 0 Å². The zero-order valence-corrected chi connectivity index (χ0v) is 22.9. The molecule has 1 heteroatoms. The number of nitrogens with one attached hydrogen (secondary N) is 1. The highest BCUT2D eigenvalue weighted by Crippen LogP contribution is 2.65. The van der Waals surface area contributed by atoms with Crippen LogP contribution in [0.25, 0.3) is 55.3 Å². The van der Waals surface area contributed by atoms with E-state index in [1.807, 2.05) is 0 Å². The standard InChI is InChI=1S/C41H25N/c1-2-11-25(12-3-1)26-21-22-30-35(23-26)41(33-17-7-4-13-27(33)28-14-5-8-18-34(28)41)36-24-32-29-15-6-9-19-37(29)42-38-20-10-16-31(39(30)36)40(32)38/h1-24,42H. The molecule has 0 bridgehead atoms. The lowest BCUT2D eigenvalue weighted by atomic mass is 9.69. The Hall–Kier alpha value is -5.40. The number of hydrogen-bond acceptors (Lipinski definition) is 1. The largest absolute Gasteiger partial charge is 0.354 e. The van der Waals surface area contributed by atoms with Crippen molar-refractivity contribution in [3.05, 3.63) is 168 Å². The van der Waals surface area contributed by atoms with Crippen molar-refractivity contribution in [2.75, 3.05) is 5.32 Å². The molecule has 2 aliphatic carbocycles. The van der Waals surface area contributed by atoms with Gasteiger partial charge in [-0.15, -0.1) is 0 Å². The van der Waals surface area contributed by atoms with Crippen LogP contribution in [0, 0.1) is 0 Å². The maximum absolute atomic E-state index is 3.74. The predicted octanol–water partition coefficient (Wildman–Crippen LogP) is 10.6. The van der Waals surface area contributed by atoms with Gasteiger partial charge in [0.2, 0.25) is 0 Å². The van der Waals surface area contributed by atoms with E-state index in [2.05, 4.69) is 151 Å². The Labute approximate surface area is 244 Å². The zero-order valence-electron chi connectivity index (χ0n) is 22.9. The SMILES string of the molecule is c1ccc(-c2ccc3c(c2)C2(c4ccccc4-c4ccccc42)c2cc4c5c(cccc5c2-3)Nc2ccccc2-4)cc1. The van der Waals surface area contributed by atoms with E-state index < -0.39 is 5.41 Å². The smallest absolute Gasteiger partial charge is 0.0726 e. The third-order valence-corrected chi connectivity index (χ3v) is 9.80. The molecule has 42 heavy (non-hydrogen) atoms. The van der Waals surface area contributed by atoms with Crippen LogP contribution in [0.15, 0.2) is 146 Å². The summed E-state index contributed by atoms with van der Waals surface area (Å²) in [5.41, 5.74) is 17.9. The summed E-state index contributed by atoms with van der Waals surface area (Å²) in [4.78, 5) is 0. The lowest BCUT2D eigenvalue weighted by Gasteiger charge is -2.32. The van der Waals surface area contributed by atoms with E-state index in [1.54, 1.807) is 0 Å². The molecule has 1 aliphatic heterocycles. The Morgan fingerprint density at radius 3 is 1.83 bits per heavy atom. The van der Waals surface area contributed by atoms with E-state index in [0.29, 0.717) is 0 Å². The highest BCUT2D eigenvalue weighted by Gasteiger charge is 2.52. The van der Waals surface area contributed by atoms with Gasteiger partial charge >= 0.3 is 0 Å². The summed E-state index contributed by atoms with van der Waals surface area (Å²) in [7, 11) is 0. The van der Waals surface area contributed by atoms with Crippen LogP contribution < -0.4 is 5.32 Å². The van der Waals surface area contributed by atoms with Gasteiger partial charge in [-0.1, -0.05) is 121 Å². The summed E-state index contributed by atoms with van der Waals surface area (Å²) in [6.07, 6.45) is 0. The maximum Gasteiger partial charge on any atom is 0.0726 e. The van der Waals surface area contributed by atoms with Crippen molar-refractivity contribution in [1.82, 2.24) is 0 Å². The molecule has 7 aromatic rings. The average Bonchev–Trinajstić information content (AvgIpc) is 3.52. The third-order valence-electron chi connectivity index (χ3n) is 9.80. The lowest BCUT2D eigenvalue weighted by Crippen LogP contribution is -2.26. The average molecular weight is 532 g/mol. The third kappa shape index (κ3) is 2.60. The normalized spacial score (nSPS) is 14.1. The van der Waals surface area contributed by atoms with Crippen molar-refractivity contribution in [3.63, 3.8) is 0 Å². The number of para-hydroxylation sites is 1. The van der Waals surface area contributed by atoms with Crippen LogP contribution in [-0.2, 0) is 5.41 Å². The highest BCUT2D eigenvalue weighted by molar-refractivity contribution is 6.18.